The Bertz CT molecular complexity index is 467. The zero-order valence-corrected chi connectivity index (χ0v) is 14.9. The molecule has 1 atom stereocenters. The van der Waals surface area contributed by atoms with Crippen molar-refractivity contribution in [3.8, 4) is 0 Å². The van der Waals surface area contributed by atoms with Gasteiger partial charge in [0.15, 0.2) is 0 Å². The molecule has 0 radical (unpaired) electrons. The molecule has 1 unspecified atom stereocenters. The molecule has 1 rings (SSSR count). The van der Waals surface area contributed by atoms with Crippen LogP contribution in [0.15, 0.2) is 30.3 Å². The number of carboxylic acids is 1. The van der Waals surface area contributed by atoms with Crippen LogP contribution in [-0.2, 0) is 11.2 Å². The summed E-state index contributed by atoms with van der Waals surface area (Å²) in [4.78, 5) is 11.5. The van der Waals surface area contributed by atoms with E-state index in [0.717, 1.165) is 44.9 Å². The molecule has 0 amide bonds. The Morgan fingerprint density at radius 2 is 1.62 bits per heavy atom. The van der Waals surface area contributed by atoms with E-state index in [2.05, 4.69) is 24.3 Å². The van der Waals surface area contributed by atoms with Gasteiger partial charge in [-0.15, -0.1) is 0 Å². The second-order valence-corrected chi connectivity index (χ2v) is 6.96. The van der Waals surface area contributed by atoms with E-state index in [1.165, 1.54) is 5.56 Å². The first kappa shape index (κ1) is 20.7. The molecule has 4 nitrogen and oxygen atoms in total. The van der Waals surface area contributed by atoms with Gasteiger partial charge >= 0.3 is 5.97 Å². The van der Waals surface area contributed by atoms with Gasteiger partial charge in [-0.2, -0.15) is 0 Å². The number of carbonyl (C=O) groups is 1. The molecule has 134 valence electrons. The highest BCUT2D eigenvalue weighted by molar-refractivity contribution is 6.48. The maximum Gasteiger partial charge on any atom is 0.323 e. The van der Waals surface area contributed by atoms with Crippen molar-refractivity contribution in [1.29, 1.82) is 0 Å². The molecular formula is C19H32BNO3. The minimum absolute atomic E-state index is 0.327. The number of hydrogen-bond donors (Lipinski definition) is 3. The van der Waals surface area contributed by atoms with Crippen molar-refractivity contribution in [2.45, 2.75) is 76.5 Å². The van der Waals surface area contributed by atoms with Crippen LogP contribution < -0.4 is 5.73 Å². The second-order valence-electron chi connectivity index (χ2n) is 6.96. The van der Waals surface area contributed by atoms with Gasteiger partial charge in [0.05, 0.1) is 0 Å². The summed E-state index contributed by atoms with van der Waals surface area (Å²) in [6.45, 7) is 1.43. The topological polar surface area (TPSA) is 83.5 Å². The van der Waals surface area contributed by atoms with Crippen molar-refractivity contribution in [3.63, 3.8) is 0 Å². The van der Waals surface area contributed by atoms with E-state index in [1.54, 1.807) is 6.82 Å². The summed E-state index contributed by atoms with van der Waals surface area (Å²) in [6, 6.07) is 10.4. The Morgan fingerprint density at radius 1 is 1.04 bits per heavy atom. The van der Waals surface area contributed by atoms with Crippen LogP contribution in [0, 0.1) is 0 Å². The average molecular weight is 333 g/mol. The lowest BCUT2D eigenvalue weighted by Crippen LogP contribution is -2.47. The van der Waals surface area contributed by atoms with Crippen LogP contribution in [0.4, 0.5) is 0 Å². The SMILES string of the molecule is CB(O)CCCCC(N)(CCCCCCc1ccccc1)C(=O)O. The van der Waals surface area contributed by atoms with Crippen LogP contribution in [0.1, 0.15) is 56.9 Å². The van der Waals surface area contributed by atoms with Crippen molar-refractivity contribution in [3.05, 3.63) is 35.9 Å². The van der Waals surface area contributed by atoms with Crippen LogP contribution in [0.3, 0.4) is 0 Å². The van der Waals surface area contributed by atoms with E-state index in [9.17, 15) is 14.9 Å². The second kappa shape index (κ2) is 11.3. The lowest BCUT2D eigenvalue weighted by Gasteiger charge is -2.24. The first-order valence-corrected chi connectivity index (χ1v) is 9.18. The molecule has 0 spiro atoms. The van der Waals surface area contributed by atoms with E-state index >= 15 is 0 Å². The molecule has 0 bridgehead atoms. The molecule has 0 saturated heterocycles. The van der Waals surface area contributed by atoms with Gasteiger partial charge in [-0.1, -0.05) is 69.3 Å². The van der Waals surface area contributed by atoms with E-state index in [4.69, 9.17) is 5.73 Å². The van der Waals surface area contributed by atoms with Crippen molar-refractivity contribution < 1.29 is 14.9 Å². The third kappa shape index (κ3) is 8.51. The standard InChI is InChI=1S/C19H32BNO3/c1-20(24)16-10-9-15-19(21,18(22)23)14-8-3-2-5-11-17-12-6-4-7-13-17/h4,6-7,12-13,24H,2-3,5,8-11,14-16,21H2,1H3,(H,22,23). The summed E-state index contributed by atoms with van der Waals surface area (Å²) in [6.07, 6.45) is 8.47. The minimum atomic E-state index is -1.11. The molecule has 0 aliphatic carbocycles. The van der Waals surface area contributed by atoms with Gasteiger partial charge in [0.1, 0.15) is 5.54 Å². The van der Waals surface area contributed by atoms with E-state index in [0.29, 0.717) is 19.2 Å². The van der Waals surface area contributed by atoms with Gasteiger partial charge in [0, 0.05) is 0 Å². The van der Waals surface area contributed by atoms with Crippen LogP contribution in [0.5, 0.6) is 0 Å². The predicted molar refractivity (Wildman–Crippen MR) is 100 cm³/mol. The summed E-state index contributed by atoms with van der Waals surface area (Å²) >= 11 is 0. The van der Waals surface area contributed by atoms with Crippen LogP contribution in [0.25, 0.3) is 0 Å². The molecule has 0 aliphatic rings. The Labute approximate surface area is 146 Å². The number of benzene rings is 1. The molecule has 0 fully saturated rings. The monoisotopic (exact) mass is 333 g/mol. The van der Waals surface area contributed by atoms with Crippen molar-refractivity contribution in [2.24, 2.45) is 5.73 Å². The van der Waals surface area contributed by atoms with E-state index in [1.807, 2.05) is 6.07 Å². The molecule has 0 heterocycles. The fourth-order valence-corrected chi connectivity index (χ4v) is 2.99. The molecule has 5 heteroatoms. The summed E-state index contributed by atoms with van der Waals surface area (Å²) in [5.41, 5.74) is 6.34. The van der Waals surface area contributed by atoms with Gasteiger partial charge in [-0.3, -0.25) is 4.79 Å². The summed E-state index contributed by atoms with van der Waals surface area (Å²) in [7, 11) is 0. The number of nitrogens with two attached hydrogens (primary N) is 1. The number of aryl methyl sites for hydroxylation is 1. The Balaban J connectivity index is 2.19. The third-order valence-corrected chi connectivity index (χ3v) is 4.60. The van der Waals surface area contributed by atoms with Gasteiger partial charge in [-0.05, 0) is 37.6 Å². The zero-order valence-electron chi connectivity index (χ0n) is 14.9. The molecular weight excluding hydrogens is 301 g/mol. The maximum absolute atomic E-state index is 11.5. The number of unbranched alkanes of at least 4 members (excludes halogenated alkanes) is 4. The fraction of sp³-hybridized carbons (Fsp3) is 0.632. The van der Waals surface area contributed by atoms with Crippen molar-refractivity contribution in [2.75, 3.05) is 0 Å². The van der Waals surface area contributed by atoms with Gasteiger partial charge in [-0.25, -0.2) is 0 Å². The normalized spacial score (nSPS) is 13.5. The number of rotatable bonds is 13. The zero-order chi connectivity index (χ0) is 17.8. The van der Waals surface area contributed by atoms with Gasteiger partial charge < -0.3 is 15.9 Å². The highest BCUT2D eigenvalue weighted by Gasteiger charge is 2.32. The van der Waals surface area contributed by atoms with Gasteiger partial charge in [0.2, 0.25) is 0 Å². The molecule has 24 heavy (non-hydrogen) atoms. The molecule has 0 aromatic heterocycles. The van der Waals surface area contributed by atoms with Gasteiger partial charge in [0.25, 0.3) is 6.92 Å². The summed E-state index contributed by atoms with van der Waals surface area (Å²) < 4.78 is 0. The van der Waals surface area contributed by atoms with Crippen LogP contribution in [-0.4, -0.2) is 28.6 Å². The Kier molecular flexibility index (Phi) is 9.73. The Hall–Kier alpha value is -1.33. The smallest absolute Gasteiger partial charge is 0.323 e. The van der Waals surface area contributed by atoms with Crippen molar-refractivity contribution >= 4 is 12.9 Å². The predicted octanol–water partition coefficient (Wildman–Crippen LogP) is 3.75. The Morgan fingerprint density at radius 3 is 2.21 bits per heavy atom. The summed E-state index contributed by atoms with van der Waals surface area (Å²) in [5, 5.41) is 18.7. The molecule has 0 aliphatic heterocycles. The lowest BCUT2D eigenvalue weighted by molar-refractivity contribution is -0.144. The first-order valence-electron chi connectivity index (χ1n) is 9.18. The lowest BCUT2D eigenvalue weighted by atomic mass is 9.66. The highest BCUT2D eigenvalue weighted by Crippen LogP contribution is 2.21. The first-order chi connectivity index (χ1) is 11.4. The number of aliphatic carboxylic acids is 1. The third-order valence-electron chi connectivity index (χ3n) is 4.60. The number of hydrogen-bond acceptors (Lipinski definition) is 3. The van der Waals surface area contributed by atoms with E-state index < -0.39 is 11.5 Å². The maximum atomic E-state index is 11.5. The molecule has 4 N–H and O–H groups in total. The number of carboxylic acid groups (broad SMARTS) is 1. The summed E-state index contributed by atoms with van der Waals surface area (Å²) in [5.74, 6) is -0.899. The quantitative estimate of drug-likeness (QED) is 0.379. The van der Waals surface area contributed by atoms with Crippen molar-refractivity contribution in [1.82, 2.24) is 0 Å². The molecule has 1 aromatic rings. The largest absolute Gasteiger partial charge is 0.480 e. The minimum Gasteiger partial charge on any atom is -0.480 e. The fourth-order valence-electron chi connectivity index (χ4n) is 2.99. The van der Waals surface area contributed by atoms with Crippen LogP contribution in [0.2, 0.25) is 13.1 Å². The molecule has 0 saturated carbocycles. The van der Waals surface area contributed by atoms with E-state index in [-0.39, 0.29) is 6.92 Å². The molecule has 1 aromatic carbocycles. The highest BCUT2D eigenvalue weighted by atomic mass is 16.4. The average Bonchev–Trinajstić information content (AvgIpc) is 2.55. The van der Waals surface area contributed by atoms with Crippen LogP contribution >= 0.6 is 0 Å².